The van der Waals surface area contributed by atoms with E-state index < -0.39 is 53.5 Å². The van der Waals surface area contributed by atoms with Gasteiger partial charge in [0.1, 0.15) is 31.0 Å². The molecule has 2 N–H and O–H groups in total. The molecule has 1 unspecified atom stereocenters. The number of likely N-dealkylation sites (N-methyl/N-ethyl adjacent to an activating group) is 1. The van der Waals surface area contributed by atoms with Gasteiger partial charge in [-0.2, -0.15) is 5.26 Å². The zero-order chi connectivity index (χ0) is 38.0. The normalized spacial score (nSPS) is 26.7. The summed E-state index contributed by atoms with van der Waals surface area (Å²) in [6.45, 7) is 4.70. The van der Waals surface area contributed by atoms with Crippen molar-refractivity contribution in [2.75, 3.05) is 33.3 Å². The summed E-state index contributed by atoms with van der Waals surface area (Å²) >= 11 is 1.35. The van der Waals surface area contributed by atoms with Crippen LogP contribution in [0.4, 0.5) is 4.79 Å². The molecule has 1 amide bonds. The Hall–Kier alpha value is -5.17. The summed E-state index contributed by atoms with van der Waals surface area (Å²) in [7, 11) is 3.47. The number of carbonyl (C=O) groups excluding carboxylic acids is 3. The van der Waals surface area contributed by atoms with Crippen LogP contribution in [0.25, 0.3) is 0 Å². The van der Waals surface area contributed by atoms with Crippen molar-refractivity contribution in [3.05, 3.63) is 75.3 Å². The molecular weight excluding hydrogens is 717 g/mol. The van der Waals surface area contributed by atoms with E-state index in [0.29, 0.717) is 51.7 Å². The second-order valence-corrected chi connectivity index (χ2v) is 15.3. The van der Waals surface area contributed by atoms with Gasteiger partial charge in [-0.15, -0.1) is 11.8 Å². The number of hydrogen-bond acceptors (Lipinski definition) is 14. The third kappa shape index (κ3) is 5.66. The van der Waals surface area contributed by atoms with Gasteiger partial charge in [-0.1, -0.05) is 36.4 Å². The smallest absolute Gasteiger partial charge is 0.408 e. The molecule has 0 saturated carbocycles. The number of methoxy groups -OCH3 is 1. The molecule has 6 aliphatic rings. The lowest BCUT2D eigenvalue weighted by Gasteiger charge is -2.61. The van der Waals surface area contributed by atoms with Crippen molar-refractivity contribution in [2.45, 2.75) is 75.3 Å². The zero-order valence-electron chi connectivity index (χ0n) is 30.4. The Morgan fingerprint density at radius 1 is 1.09 bits per heavy atom. The number of aryl methyl sites for hydroxylation is 1. The summed E-state index contributed by atoms with van der Waals surface area (Å²) in [5.41, 5.74) is 4.95. The molecule has 6 aliphatic heterocycles. The van der Waals surface area contributed by atoms with Crippen molar-refractivity contribution >= 4 is 29.8 Å². The van der Waals surface area contributed by atoms with Crippen LogP contribution in [0.1, 0.15) is 63.2 Å². The number of carbonyl (C=O) groups is 3. The number of esters is 2. The number of nitrogens with one attached hydrogen (secondary N) is 1. The van der Waals surface area contributed by atoms with E-state index in [9.17, 15) is 24.8 Å². The highest BCUT2D eigenvalue weighted by Crippen LogP contribution is 2.64. The van der Waals surface area contributed by atoms with Crippen LogP contribution in [0.3, 0.4) is 0 Å². The summed E-state index contributed by atoms with van der Waals surface area (Å²) in [6.07, 6.45) is -0.315. The van der Waals surface area contributed by atoms with Gasteiger partial charge in [-0.3, -0.25) is 14.6 Å². The van der Waals surface area contributed by atoms with Crippen LogP contribution in [0.2, 0.25) is 0 Å². The number of aromatic hydroxyl groups is 1. The van der Waals surface area contributed by atoms with Gasteiger partial charge in [0.05, 0.1) is 30.5 Å². The Kier molecular flexibility index (Phi) is 9.23. The number of phenols is 1. The van der Waals surface area contributed by atoms with Crippen LogP contribution in [0.15, 0.2) is 36.4 Å². The van der Waals surface area contributed by atoms with Gasteiger partial charge in [-0.05, 0) is 44.0 Å². The number of rotatable bonds is 5. The van der Waals surface area contributed by atoms with Crippen LogP contribution in [0.5, 0.6) is 28.7 Å². The molecule has 0 spiro atoms. The molecule has 15 heteroatoms. The number of amides is 1. The average molecular weight is 757 g/mol. The standard InChI is InChI=1S/C39H40N4O10S/c1-18-11-22-12-24-25(13-40)43-26-15-49-38(46)23(41-39(47)50-14-21-9-7-6-8-10-21)16-54-37(31(43)30(42(24)4)27(22)32(45)33(18)48-5)29-28(26)36-35(51-17-52-36)19(2)34(29)53-20(3)44/h6-11,23-26,30-31,37,45H,12,14-17H2,1-5H3,(H,41,47)/t23-,24-,25-,26-,30+,31?,37+/m0/s1. The Balaban J connectivity index is 1.30. The Bertz CT molecular complexity index is 2090. The number of alkyl carbamates (subject to hydrolysis) is 1. The second-order valence-electron chi connectivity index (χ2n) is 14.1. The second kappa shape index (κ2) is 13.9. The maximum Gasteiger partial charge on any atom is 0.408 e. The van der Waals surface area contributed by atoms with Gasteiger partial charge in [-0.25, -0.2) is 9.59 Å². The summed E-state index contributed by atoms with van der Waals surface area (Å²) in [4.78, 5) is 44.0. The predicted octanol–water partition coefficient (Wildman–Crippen LogP) is 4.53. The first-order valence-electron chi connectivity index (χ1n) is 17.7. The number of piperazine rings is 1. The minimum Gasteiger partial charge on any atom is -0.504 e. The van der Waals surface area contributed by atoms with E-state index in [4.69, 9.17) is 28.4 Å². The average Bonchev–Trinajstić information content (AvgIpc) is 3.64. The first-order valence-corrected chi connectivity index (χ1v) is 18.8. The quantitative estimate of drug-likeness (QED) is 0.275. The van der Waals surface area contributed by atoms with Crippen molar-refractivity contribution < 1.29 is 47.9 Å². The van der Waals surface area contributed by atoms with Crippen LogP contribution in [-0.2, 0) is 32.1 Å². The maximum atomic E-state index is 13.8. The minimum absolute atomic E-state index is 0.00542. The first kappa shape index (κ1) is 35.8. The van der Waals surface area contributed by atoms with Gasteiger partial charge >= 0.3 is 18.0 Å². The molecule has 7 atom stereocenters. The number of nitriles is 1. The van der Waals surface area contributed by atoms with Crippen molar-refractivity contribution in [2.24, 2.45) is 0 Å². The molecule has 0 aromatic heterocycles. The molecule has 0 radical (unpaired) electrons. The van der Waals surface area contributed by atoms with Crippen molar-refractivity contribution in [1.82, 2.24) is 15.1 Å². The number of hydrogen-bond donors (Lipinski definition) is 2. The van der Waals surface area contributed by atoms with Crippen molar-refractivity contribution in [3.63, 3.8) is 0 Å². The van der Waals surface area contributed by atoms with Gasteiger partial charge in [0.15, 0.2) is 23.0 Å². The number of ether oxygens (including phenoxy) is 6. The minimum atomic E-state index is -1.11. The summed E-state index contributed by atoms with van der Waals surface area (Å²) in [6, 6.07) is 9.83. The highest BCUT2D eigenvalue weighted by molar-refractivity contribution is 7.99. The number of phenolic OH excluding ortho intramolecular Hbond substituents is 1. The highest BCUT2D eigenvalue weighted by atomic mass is 32.2. The van der Waals surface area contributed by atoms with E-state index in [1.165, 1.54) is 25.8 Å². The summed E-state index contributed by atoms with van der Waals surface area (Å²) < 4.78 is 35.4. The number of nitrogens with zero attached hydrogens (tertiary/aromatic N) is 3. The van der Waals surface area contributed by atoms with Crippen LogP contribution in [-0.4, -0.2) is 90.4 Å². The fraction of sp³-hybridized carbons (Fsp3) is 0.436. The van der Waals surface area contributed by atoms with Crippen LogP contribution in [0, 0.1) is 25.2 Å². The topological polar surface area (TPSA) is 169 Å². The number of benzene rings is 3. The number of fused-ring (bicyclic) bond motifs is 10. The molecule has 2 fully saturated rings. The van der Waals surface area contributed by atoms with Crippen LogP contribution < -0.4 is 24.3 Å². The van der Waals surface area contributed by atoms with E-state index >= 15 is 0 Å². The monoisotopic (exact) mass is 756 g/mol. The lowest BCUT2D eigenvalue weighted by molar-refractivity contribution is -0.151. The highest BCUT2D eigenvalue weighted by Gasteiger charge is 2.60. The molecule has 4 bridgehead atoms. The molecule has 3 aromatic rings. The van der Waals surface area contributed by atoms with E-state index in [2.05, 4.69) is 21.2 Å². The molecule has 54 heavy (non-hydrogen) atoms. The SMILES string of the molecule is COc1c(C)cc2c(c1O)[C@@H]1C3[C@@H]4SC[C@H](NC(=O)OCc5ccccc5)C(=O)OC[C@@H](c5c6c(c(C)c(OC(C)=O)c54)OCO6)N3[C@@H](C#N)[C@H](C2)N1C. The van der Waals surface area contributed by atoms with E-state index in [0.717, 1.165) is 16.7 Å². The van der Waals surface area contributed by atoms with Gasteiger partial charge < -0.3 is 38.8 Å². The third-order valence-electron chi connectivity index (χ3n) is 11.2. The molecule has 3 aromatic carbocycles. The third-order valence-corrected chi connectivity index (χ3v) is 12.6. The Morgan fingerprint density at radius 3 is 2.57 bits per heavy atom. The fourth-order valence-electron chi connectivity index (χ4n) is 8.97. The molecule has 14 nitrogen and oxygen atoms in total. The Labute approximate surface area is 316 Å². The predicted molar refractivity (Wildman–Crippen MR) is 193 cm³/mol. The van der Waals surface area contributed by atoms with Crippen molar-refractivity contribution in [1.29, 1.82) is 5.26 Å². The summed E-state index contributed by atoms with van der Waals surface area (Å²) in [5.74, 6) is 0.331. The molecule has 282 valence electrons. The van der Waals surface area contributed by atoms with Gasteiger partial charge in [0, 0.05) is 47.0 Å². The first-order chi connectivity index (χ1) is 26.0. The van der Waals surface area contributed by atoms with Crippen LogP contribution >= 0.6 is 11.8 Å². The van der Waals surface area contributed by atoms with Gasteiger partial charge in [0.2, 0.25) is 6.79 Å². The van der Waals surface area contributed by atoms with Gasteiger partial charge in [0.25, 0.3) is 0 Å². The fourth-order valence-corrected chi connectivity index (χ4v) is 10.5. The zero-order valence-corrected chi connectivity index (χ0v) is 31.2. The summed E-state index contributed by atoms with van der Waals surface area (Å²) in [5, 5.41) is 25.0. The molecule has 0 aliphatic carbocycles. The lowest BCUT2D eigenvalue weighted by Crippen LogP contribution is -2.69. The van der Waals surface area contributed by atoms with E-state index in [1.807, 2.05) is 50.4 Å². The van der Waals surface area contributed by atoms with Crippen molar-refractivity contribution in [3.8, 4) is 34.8 Å². The molecule has 2 saturated heterocycles. The maximum absolute atomic E-state index is 13.8. The molecule has 6 heterocycles. The van der Waals surface area contributed by atoms with E-state index in [-0.39, 0.29) is 37.6 Å². The number of thioether (sulfide) groups is 1. The van der Waals surface area contributed by atoms with E-state index in [1.54, 1.807) is 6.92 Å². The molecule has 9 rings (SSSR count). The lowest BCUT2D eigenvalue weighted by atomic mass is 9.71. The molecular formula is C39H40N4O10S. The Morgan fingerprint density at radius 2 is 1.85 bits per heavy atom. The largest absolute Gasteiger partial charge is 0.504 e.